The lowest BCUT2D eigenvalue weighted by Crippen LogP contribution is -2.61. The fraction of sp³-hybridized carbons (Fsp3) is 0.600. The molecule has 11 nitrogen and oxygen atoms in total. The van der Waals surface area contributed by atoms with E-state index in [9.17, 15) is 35.1 Å². The maximum Gasteiger partial charge on any atom is 0.306 e. The van der Waals surface area contributed by atoms with Crippen molar-refractivity contribution in [2.45, 2.75) is 198 Å². The number of unbranched alkanes of at least 4 members (excludes halogenated alkanes) is 13. The summed E-state index contributed by atoms with van der Waals surface area (Å²) in [5.74, 6) is -1.33. The summed E-state index contributed by atoms with van der Waals surface area (Å²) >= 11 is 0. The Hall–Kier alpha value is -3.94. The second-order valence-electron chi connectivity index (χ2n) is 16.6. The fourth-order valence-electron chi connectivity index (χ4n) is 6.86. The lowest BCUT2D eigenvalue weighted by Gasteiger charge is -2.41. The predicted octanol–water partition coefficient (Wildman–Crippen LogP) is 9.98. The van der Waals surface area contributed by atoms with Crippen LogP contribution in [0.2, 0.25) is 0 Å². The van der Waals surface area contributed by atoms with Crippen molar-refractivity contribution in [3.05, 3.63) is 122 Å². The van der Waals surface area contributed by atoms with Gasteiger partial charge in [-0.3, -0.25) is 9.59 Å². The summed E-state index contributed by atoms with van der Waals surface area (Å²) in [5, 5.41) is 56.4. The summed E-state index contributed by atoms with van der Waals surface area (Å²) in [6.07, 6.45) is 47.0. The van der Waals surface area contributed by atoms with Crippen molar-refractivity contribution in [1.82, 2.24) is 5.32 Å². The van der Waals surface area contributed by atoms with Crippen LogP contribution in [0, 0.1) is 0 Å². The third-order valence-electron chi connectivity index (χ3n) is 10.8. The van der Waals surface area contributed by atoms with Gasteiger partial charge in [0.15, 0.2) is 12.4 Å². The van der Waals surface area contributed by atoms with E-state index in [1.807, 2.05) is 97.2 Å². The summed E-state index contributed by atoms with van der Waals surface area (Å²) in [5.41, 5.74) is 0. The van der Waals surface area contributed by atoms with Crippen molar-refractivity contribution in [1.29, 1.82) is 0 Å². The standard InChI is InChI=1S/C55H87NO10/c1-4-7-10-13-16-19-22-25-28-31-34-37-40-43-50(60)66-53-52(62)51(61)49(44-57)65-55(53)64-45-46(47(58)41-38-35-32-29-26-23-20-17-14-11-8-5-2)56-54(63)48(59)42-39-36-33-30-27-24-21-18-15-12-9-6-3/h7,9-10,12-13,15-16,18-19,21-22,24-25,27-28,30,33,36,38,41,46-49,51-53,55,57-59,61-62H,4-6,8,11,14,17,20,23,26,29,31-32,34-35,37,39-40,42-45H2,1-3H3,(H,56,63)/b10-7+,12-9+,16-13+,18-15+,22-19-,24-21-,28-25-,30-27-,36-33+,41-38+. The third kappa shape index (κ3) is 31.1. The molecule has 0 bridgehead atoms. The number of ether oxygens (including phenoxy) is 3. The Labute approximate surface area is 398 Å². The number of carbonyl (C=O) groups excluding carboxylic acids is 2. The normalized spacial score (nSPS) is 21.2. The molecule has 372 valence electrons. The van der Waals surface area contributed by atoms with Crippen LogP contribution in [0.3, 0.4) is 0 Å². The quantitative estimate of drug-likeness (QED) is 0.0151. The molecule has 8 unspecified atom stereocenters. The van der Waals surface area contributed by atoms with E-state index in [2.05, 4.69) is 44.3 Å². The van der Waals surface area contributed by atoms with Gasteiger partial charge >= 0.3 is 5.97 Å². The van der Waals surface area contributed by atoms with E-state index in [-0.39, 0.29) is 19.4 Å². The Morgan fingerprint density at radius 2 is 1.09 bits per heavy atom. The number of aliphatic hydroxyl groups is 5. The van der Waals surface area contributed by atoms with Gasteiger partial charge in [-0.25, -0.2) is 0 Å². The Morgan fingerprint density at radius 3 is 1.64 bits per heavy atom. The molecule has 1 heterocycles. The molecule has 0 aliphatic carbocycles. The lowest BCUT2D eigenvalue weighted by atomic mass is 9.99. The van der Waals surface area contributed by atoms with Crippen molar-refractivity contribution in [2.24, 2.45) is 0 Å². The lowest BCUT2D eigenvalue weighted by molar-refractivity contribution is -0.305. The highest BCUT2D eigenvalue weighted by atomic mass is 16.7. The van der Waals surface area contributed by atoms with Gasteiger partial charge in [0.05, 0.1) is 25.4 Å². The SMILES string of the molecule is CC/C=C/C=C/C=C\C=C/C=C/CCC(O)C(=O)NC(COC1OC(CO)C(O)C(O)C1OC(=O)CCCCC\C=C/C=C\C=C\C=C\CC)C(O)/C=C/CCCCCCCCCCCC. The molecular weight excluding hydrogens is 835 g/mol. The average Bonchev–Trinajstić information content (AvgIpc) is 3.31. The molecule has 0 spiro atoms. The van der Waals surface area contributed by atoms with Gasteiger partial charge in [-0.15, -0.1) is 0 Å². The third-order valence-corrected chi connectivity index (χ3v) is 10.8. The number of nitrogens with one attached hydrogen (secondary N) is 1. The molecule has 0 aromatic heterocycles. The molecule has 1 saturated heterocycles. The minimum absolute atomic E-state index is 0.0611. The van der Waals surface area contributed by atoms with Gasteiger partial charge in [0.2, 0.25) is 5.91 Å². The minimum atomic E-state index is -1.65. The molecule has 11 heteroatoms. The van der Waals surface area contributed by atoms with E-state index < -0.39 is 67.4 Å². The number of rotatable bonds is 38. The minimum Gasteiger partial charge on any atom is -0.454 e. The van der Waals surface area contributed by atoms with E-state index in [0.29, 0.717) is 12.8 Å². The summed E-state index contributed by atoms with van der Waals surface area (Å²) < 4.78 is 17.4. The van der Waals surface area contributed by atoms with Gasteiger partial charge < -0.3 is 45.1 Å². The molecule has 1 rings (SSSR count). The molecule has 0 aromatic carbocycles. The van der Waals surface area contributed by atoms with Crippen LogP contribution in [0.5, 0.6) is 0 Å². The fourth-order valence-corrected chi connectivity index (χ4v) is 6.86. The van der Waals surface area contributed by atoms with Gasteiger partial charge in [-0.1, -0.05) is 206 Å². The molecule has 1 aliphatic heterocycles. The van der Waals surface area contributed by atoms with Crippen LogP contribution in [-0.4, -0.2) is 99.6 Å². The van der Waals surface area contributed by atoms with Gasteiger partial charge in [-0.2, -0.15) is 0 Å². The first-order chi connectivity index (χ1) is 32.2. The number of aliphatic hydroxyl groups excluding tert-OH is 5. The maximum absolute atomic E-state index is 13.3. The van der Waals surface area contributed by atoms with Crippen molar-refractivity contribution < 1.29 is 49.3 Å². The summed E-state index contributed by atoms with van der Waals surface area (Å²) in [7, 11) is 0. The molecule has 1 fully saturated rings. The highest BCUT2D eigenvalue weighted by molar-refractivity contribution is 5.80. The number of esters is 1. The summed E-state index contributed by atoms with van der Waals surface area (Å²) in [6.45, 7) is 5.36. The largest absolute Gasteiger partial charge is 0.454 e. The first-order valence-corrected chi connectivity index (χ1v) is 24.9. The van der Waals surface area contributed by atoms with Crippen LogP contribution in [0.15, 0.2) is 122 Å². The number of allylic oxidation sites excluding steroid dienone is 19. The van der Waals surface area contributed by atoms with Gasteiger partial charge in [0, 0.05) is 6.42 Å². The molecule has 1 amide bonds. The van der Waals surface area contributed by atoms with Crippen molar-refractivity contribution >= 4 is 11.9 Å². The zero-order chi connectivity index (χ0) is 48.3. The van der Waals surface area contributed by atoms with Crippen LogP contribution in [0.4, 0.5) is 0 Å². The van der Waals surface area contributed by atoms with Gasteiger partial charge in [0.1, 0.15) is 24.4 Å². The monoisotopic (exact) mass is 922 g/mol. The van der Waals surface area contributed by atoms with Crippen LogP contribution >= 0.6 is 0 Å². The van der Waals surface area contributed by atoms with E-state index >= 15 is 0 Å². The molecule has 0 aromatic rings. The molecular formula is C55H87NO10. The second kappa shape index (κ2) is 42.4. The van der Waals surface area contributed by atoms with Crippen molar-refractivity contribution in [3.8, 4) is 0 Å². The maximum atomic E-state index is 13.3. The van der Waals surface area contributed by atoms with E-state index in [1.165, 1.54) is 44.9 Å². The topological polar surface area (TPSA) is 175 Å². The Kier molecular flexibility index (Phi) is 38.6. The van der Waals surface area contributed by atoms with E-state index in [1.54, 1.807) is 6.08 Å². The number of carbonyl (C=O) groups is 2. The number of hydrogen-bond acceptors (Lipinski definition) is 10. The van der Waals surface area contributed by atoms with Crippen LogP contribution in [0.25, 0.3) is 0 Å². The average molecular weight is 922 g/mol. The van der Waals surface area contributed by atoms with Gasteiger partial charge in [-0.05, 0) is 57.8 Å². The molecule has 0 radical (unpaired) electrons. The summed E-state index contributed by atoms with van der Waals surface area (Å²) in [4.78, 5) is 26.2. The van der Waals surface area contributed by atoms with Crippen molar-refractivity contribution in [3.63, 3.8) is 0 Å². The Bertz CT molecular complexity index is 1520. The zero-order valence-electron chi connectivity index (χ0n) is 40.5. The molecule has 0 saturated carbocycles. The van der Waals surface area contributed by atoms with E-state index in [4.69, 9.17) is 14.2 Å². The smallest absolute Gasteiger partial charge is 0.306 e. The number of amides is 1. The number of hydrogen-bond donors (Lipinski definition) is 6. The van der Waals surface area contributed by atoms with Gasteiger partial charge in [0.25, 0.3) is 0 Å². The first-order valence-electron chi connectivity index (χ1n) is 24.9. The Morgan fingerprint density at radius 1 is 0.606 bits per heavy atom. The zero-order valence-corrected chi connectivity index (χ0v) is 40.5. The van der Waals surface area contributed by atoms with Crippen LogP contribution in [0.1, 0.15) is 149 Å². The highest BCUT2D eigenvalue weighted by Gasteiger charge is 2.47. The Balaban J connectivity index is 2.90. The molecule has 6 N–H and O–H groups in total. The molecule has 66 heavy (non-hydrogen) atoms. The summed E-state index contributed by atoms with van der Waals surface area (Å²) in [6, 6.07) is -1.08. The van der Waals surface area contributed by atoms with Crippen molar-refractivity contribution in [2.75, 3.05) is 13.2 Å². The molecule has 8 atom stereocenters. The predicted molar refractivity (Wildman–Crippen MR) is 268 cm³/mol. The highest BCUT2D eigenvalue weighted by Crippen LogP contribution is 2.26. The first kappa shape index (κ1) is 60.1. The second-order valence-corrected chi connectivity index (χ2v) is 16.6. The van der Waals surface area contributed by atoms with Crippen LogP contribution < -0.4 is 5.32 Å². The van der Waals surface area contributed by atoms with E-state index in [0.717, 1.165) is 57.8 Å². The molecule has 1 aliphatic rings. The van der Waals surface area contributed by atoms with Crippen LogP contribution in [-0.2, 0) is 23.8 Å².